The van der Waals surface area contributed by atoms with Gasteiger partial charge in [0.15, 0.2) is 32.8 Å². The van der Waals surface area contributed by atoms with Crippen molar-refractivity contribution < 1.29 is 37.0 Å². The van der Waals surface area contributed by atoms with Crippen LogP contribution in [-0.4, -0.2) is 70.4 Å². The molecule has 2 aromatic carbocycles. The van der Waals surface area contributed by atoms with E-state index < -0.39 is 21.7 Å². The minimum Gasteiger partial charge on any atom is -0.486 e. The standard InChI is InChI=1S/C23H26N2O8S/c1-2-25(15-22(26)24-16-3-5-18-20(13-16)32-10-8-30-18)23(27)7-12-34(28,29)17-4-6-19-21(14-17)33-11-9-31-19/h3-6,13-14H,2,7-12,15H2,1H3,(H,24,26). The van der Waals surface area contributed by atoms with Gasteiger partial charge in [-0.3, -0.25) is 9.59 Å². The Kier molecular flexibility index (Phi) is 7.11. The number of amides is 2. The van der Waals surface area contributed by atoms with Crippen LogP contribution >= 0.6 is 0 Å². The predicted molar refractivity (Wildman–Crippen MR) is 122 cm³/mol. The first-order chi connectivity index (χ1) is 16.4. The van der Waals surface area contributed by atoms with Gasteiger partial charge in [0, 0.05) is 30.8 Å². The van der Waals surface area contributed by atoms with Gasteiger partial charge < -0.3 is 29.2 Å². The van der Waals surface area contributed by atoms with Crippen molar-refractivity contribution in [3.05, 3.63) is 36.4 Å². The van der Waals surface area contributed by atoms with Crippen LogP contribution in [-0.2, 0) is 19.4 Å². The number of nitrogens with one attached hydrogen (secondary N) is 1. The number of anilines is 1. The van der Waals surface area contributed by atoms with Gasteiger partial charge in [-0.2, -0.15) is 0 Å². The van der Waals surface area contributed by atoms with E-state index in [1.54, 1.807) is 31.2 Å². The summed E-state index contributed by atoms with van der Waals surface area (Å²) in [6.45, 7) is 3.43. The monoisotopic (exact) mass is 490 g/mol. The van der Waals surface area contributed by atoms with E-state index in [9.17, 15) is 18.0 Å². The normalized spacial score (nSPS) is 14.3. The summed E-state index contributed by atoms with van der Waals surface area (Å²) >= 11 is 0. The van der Waals surface area contributed by atoms with Crippen LogP contribution < -0.4 is 24.3 Å². The van der Waals surface area contributed by atoms with Crippen LogP contribution in [0.3, 0.4) is 0 Å². The topological polar surface area (TPSA) is 120 Å². The molecule has 2 aromatic rings. The van der Waals surface area contributed by atoms with Crippen molar-refractivity contribution in [1.82, 2.24) is 4.90 Å². The minimum absolute atomic E-state index is 0.0592. The van der Waals surface area contributed by atoms with Crippen LogP contribution in [0.5, 0.6) is 23.0 Å². The molecule has 4 rings (SSSR count). The molecule has 0 radical (unpaired) electrons. The third kappa shape index (κ3) is 5.53. The molecule has 11 heteroatoms. The third-order valence-corrected chi connectivity index (χ3v) is 7.07. The van der Waals surface area contributed by atoms with Gasteiger partial charge in [-0.15, -0.1) is 0 Å². The fourth-order valence-corrected chi connectivity index (χ4v) is 4.83. The second-order valence-corrected chi connectivity index (χ2v) is 9.80. The highest BCUT2D eigenvalue weighted by atomic mass is 32.2. The van der Waals surface area contributed by atoms with Crippen molar-refractivity contribution in [3.8, 4) is 23.0 Å². The average molecular weight is 491 g/mol. The maximum atomic E-state index is 12.7. The zero-order valence-corrected chi connectivity index (χ0v) is 19.6. The van der Waals surface area contributed by atoms with Crippen molar-refractivity contribution in [3.63, 3.8) is 0 Å². The first kappa shape index (κ1) is 23.7. The Morgan fingerprint density at radius 2 is 1.47 bits per heavy atom. The lowest BCUT2D eigenvalue weighted by molar-refractivity contribution is -0.134. The number of ether oxygens (including phenoxy) is 4. The van der Waals surface area contributed by atoms with E-state index in [-0.39, 0.29) is 30.2 Å². The van der Waals surface area contributed by atoms with Crippen molar-refractivity contribution in [2.24, 2.45) is 0 Å². The summed E-state index contributed by atoms with van der Waals surface area (Å²) in [5.74, 6) is 0.784. The van der Waals surface area contributed by atoms with Gasteiger partial charge in [-0.25, -0.2) is 8.42 Å². The lowest BCUT2D eigenvalue weighted by Crippen LogP contribution is -2.38. The fraction of sp³-hybridized carbons (Fsp3) is 0.391. The molecule has 10 nitrogen and oxygen atoms in total. The molecule has 0 atom stereocenters. The van der Waals surface area contributed by atoms with Crippen molar-refractivity contribution in [2.45, 2.75) is 18.2 Å². The third-order valence-electron chi connectivity index (χ3n) is 5.35. The van der Waals surface area contributed by atoms with Gasteiger partial charge in [0.25, 0.3) is 0 Å². The predicted octanol–water partition coefficient (Wildman–Crippen LogP) is 1.88. The van der Waals surface area contributed by atoms with Crippen molar-refractivity contribution in [1.29, 1.82) is 0 Å². The SMILES string of the molecule is CCN(CC(=O)Nc1ccc2c(c1)OCCO2)C(=O)CCS(=O)(=O)c1ccc2c(c1)OCCO2. The number of carbonyl (C=O) groups excluding carboxylic acids is 2. The fourth-order valence-electron chi connectivity index (χ4n) is 3.59. The Labute approximate surface area is 197 Å². The molecular weight excluding hydrogens is 464 g/mol. The van der Waals surface area contributed by atoms with E-state index in [0.717, 1.165) is 0 Å². The van der Waals surface area contributed by atoms with Gasteiger partial charge in [0.05, 0.1) is 17.2 Å². The van der Waals surface area contributed by atoms with Gasteiger partial charge in [-0.05, 0) is 31.2 Å². The summed E-state index contributed by atoms with van der Waals surface area (Å²) in [6.07, 6.45) is -0.248. The highest BCUT2D eigenvalue weighted by Crippen LogP contribution is 2.33. The van der Waals surface area contributed by atoms with Gasteiger partial charge in [0.2, 0.25) is 11.8 Å². The minimum atomic E-state index is -3.73. The number of carbonyl (C=O) groups is 2. The van der Waals surface area contributed by atoms with Gasteiger partial charge >= 0.3 is 0 Å². The lowest BCUT2D eigenvalue weighted by atomic mass is 10.2. The molecule has 2 amide bonds. The molecule has 1 N–H and O–H groups in total. The molecule has 0 aliphatic carbocycles. The number of sulfone groups is 1. The second kappa shape index (κ2) is 10.2. The summed E-state index contributed by atoms with van der Waals surface area (Å²) in [5.41, 5.74) is 0.513. The van der Waals surface area contributed by atoms with Crippen LogP contribution in [0, 0.1) is 0 Å². The maximum absolute atomic E-state index is 12.7. The number of nitrogens with zero attached hydrogens (tertiary/aromatic N) is 1. The van der Waals surface area contributed by atoms with Gasteiger partial charge in [0.1, 0.15) is 26.4 Å². The Bertz CT molecular complexity index is 1180. The molecular formula is C23H26N2O8S. The molecule has 0 saturated heterocycles. The largest absolute Gasteiger partial charge is 0.486 e. The molecule has 0 spiro atoms. The van der Waals surface area contributed by atoms with E-state index in [0.29, 0.717) is 55.1 Å². The number of benzene rings is 2. The summed E-state index contributed by atoms with van der Waals surface area (Å²) in [6, 6.07) is 9.44. The molecule has 182 valence electrons. The zero-order valence-electron chi connectivity index (χ0n) is 18.7. The summed E-state index contributed by atoms with van der Waals surface area (Å²) in [7, 11) is -3.73. The summed E-state index contributed by atoms with van der Waals surface area (Å²) < 4.78 is 47.3. The molecule has 0 saturated carbocycles. The highest BCUT2D eigenvalue weighted by Gasteiger charge is 2.23. The molecule has 34 heavy (non-hydrogen) atoms. The molecule has 2 aliphatic rings. The maximum Gasteiger partial charge on any atom is 0.243 e. The van der Waals surface area contributed by atoms with Crippen LogP contribution in [0.25, 0.3) is 0 Å². The Morgan fingerprint density at radius 1 is 0.882 bits per heavy atom. The Hall–Kier alpha value is -3.47. The van der Waals surface area contributed by atoms with Crippen LogP contribution in [0.1, 0.15) is 13.3 Å². The number of hydrogen-bond donors (Lipinski definition) is 1. The molecule has 2 aliphatic heterocycles. The molecule has 0 fully saturated rings. The van der Waals surface area contributed by atoms with Crippen LogP contribution in [0.2, 0.25) is 0 Å². The van der Waals surface area contributed by atoms with E-state index in [2.05, 4.69) is 5.32 Å². The number of rotatable bonds is 8. The Balaban J connectivity index is 1.33. The van der Waals surface area contributed by atoms with E-state index in [1.807, 2.05) is 0 Å². The van der Waals surface area contributed by atoms with Crippen molar-refractivity contribution >= 4 is 27.3 Å². The first-order valence-corrected chi connectivity index (χ1v) is 12.6. The molecule has 2 heterocycles. The van der Waals surface area contributed by atoms with E-state index >= 15 is 0 Å². The van der Waals surface area contributed by atoms with E-state index in [1.165, 1.54) is 17.0 Å². The zero-order chi connectivity index (χ0) is 24.1. The smallest absolute Gasteiger partial charge is 0.243 e. The summed E-state index contributed by atoms with van der Waals surface area (Å²) in [5, 5.41) is 2.73. The second-order valence-electron chi connectivity index (χ2n) is 7.69. The average Bonchev–Trinajstić information content (AvgIpc) is 2.85. The lowest BCUT2D eigenvalue weighted by Gasteiger charge is -2.22. The van der Waals surface area contributed by atoms with Crippen molar-refractivity contribution in [2.75, 3.05) is 50.6 Å². The molecule has 0 unspecified atom stereocenters. The molecule has 0 aromatic heterocycles. The van der Waals surface area contributed by atoms with Crippen LogP contribution in [0.4, 0.5) is 5.69 Å². The van der Waals surface area contributed by atoms with E-state index in [4.69, 9.17) is 18.9 Å². The van der Waals surface area contributed by atoms with Crippen LogP contribution in [0.15, 0.2) is 41.3 Å². The summed E-state index contributed by atoms with van der Waals surface area (Å²) in [4.78, 5) is 26.5. The molecule has 0 bridgehead atoms. The Morgan fingerprint density at radius 3 is 2.12 bits per heavy atom. The van der Waals surface area contributed by atoms with Gasteiger partial charge in [-0.1, -0.05) is 0 Å². The quantitative estimate of drug-likeness (QED) is 0.596. The number of fused-ring (bicyclic) bond motifs is 2. The highest BCUT2D eigenvalue weighted by molar-refractivity contribution is 7.91. The number of likely N-dealkylation sites (N-methyl/N-ethyl adjacent to an activating group) is 1. The number of hydrogen-bond acceptors (Lipinski definition) is 8. The first-order valence-electron chi connectivity index (χ1n) is 11.0.